The Morgan fingerprint density at radius 1 is 1.50 bits per heavy atom. The molecule has 0 aliphatic heterocycles. The van der Waals surface area contributed by atoms with E-state index in [1.165, 1.54) is 6.42 Å². The summed E-state index contributed by atoms with van der Waals surface area (Å²) in [5, 5.41) is 8.51. The van der Waals surface area contributed by atoms with Crippen molar-refractivity contribution in [3.05, 3.63) is 0 Å². The molecule has 0 saturated carbocycles. The highest BCUT2D eigenvalue weighted by molar-refractivity contribution is 4.47. The molecular weight excluding hydrogens is 128 g/mol. The minimum absolute atomic E-state index is 0.219. The van der Waals surface area contributed by atoms with Crippen molar-refractivity contribution in [3.63, 3.8) is 0 Å². The van der Waals surface area contributed by atoms with E-state index in [-0.39, 0.29) is 12.7 Å². The number of aliphatic hydroxyl groups excluding tert-OH is 1. The van der Waals surface area contributed by atoms with Crippen LogP contribution in [0.25, 0.3) is 0 Å². The summed E-state index contributed by atoms with van der Waals surface area (Å²) in [5.41, 5.74) is 0. The number of hydrogen-bond acceptors (Lipinski definition) is 2. The number of aliphatic hydroxyl groups is 1. The van der Waals surface area contributed by atoms with E-state index in [4.69, 9.17) is 9.84 Å². The fourth-order valence-electron chi connectivity index (χ4n) is 0.694. The van der Waals surface area contributed by atoms with Crippen LogP contribution in [0, 0.1) is 0 Å². The van der Waals surface area contributed by atoms with E-state index >= 15 is 0 Å². The van der Waals surface area contributed by atoms with Gasteiger partial charge in [-0.1, -0.05) is 13.3 Å². The van der Waals surface area contributed by atoms with Gasteiger partial charge in [-0.25, -0.2) is 0 Å². The van der Waals surface area contributed by atoms with Crippen LogP contribution in [0.1, 0.15) is 33.1 Å². The number of hydrogen-bond donors (Lipinski definition) is 1. The Morgan fingerprint density at radius 3 is 2.70 bits per heavy atom. The minimum Gasteiger partial charge on any atom is -0.396 e. The summed E-state index contributed by atoms with van der Waals surface area (Å²) in [4.78, 5) is 0. The third-order valence-electron chi connectivity index (χ3n) is 1.44. The van der Waals surface area contributed by atoms with Crippen LogP contribution in [-0.4, -0.2) is 24.4 Å². The molecule has 2 heteroatoms. The first-order valence-corrected chi connectivity index (χ1v) is 4.03. The predicted octanol–water partition coefficient (Wildman–Crippen LogP) is 1.57. The van der Waals surface area contributed by atoms with Crippen molar-refractivity contribution in [2.24, 2.45) is 0 Å². The molecule has 1 atom stereocenters. The molecule has 0 bridgehead atoms. The summed E-state index contributed by atoms with van der Waals surface area (Å²) in [5.74, 6) is 0. The van der Waals surface area contributed by atoms with Gasteiger partial charge >= 0.3 is 0 Å². The van der Waals surface area contributed by atoms with E-state index in [1.807, 2.05) is 6.92 Å². The molecule has 0 rings (SSSR count). The van der Waals surface area contributed by atoms with Crippen molar-refractivity contribution in [1.82, 2.24) is 0 Å². The topological polar surface area (TPSA) is 29.5 Å². The zero-order chi connectivity index (χ0) is 7.82. The Balaban J connectivity index is 2.97. The summed E-state index contributed by atoms with van der Waals surface area (Å²) in [6, 6.07) is 0. The Morgan fingerprint density at radius 2 is 2.20 bits per heavy atom. The largest absolute Gasteiger partial charge is 0.396 e. The SMILES string of the molecule is CCCCOC(C)CCO. The smallest absolute Gasteiger partial charge is 0.0568 e. The summed E-state index contributed by atoms with van der Waals surface area (Å²) in [6.45, 7) is 5.19. The molecule has 0 heterocycles. The standard InChI is InChI=1S/C8H18O2/c1-3-4-7-10-8(2)5-6-9/h8-9H,3-7H2,1-2H3. The lowest BCUT2D eigenvalue weighted by Gasteiger charge is -2.10. The predicted molar refractivity (Wildman–Crippen MR) is 42.0 cm³/mol. The van der Waals surface area contributed by atoms with Gasteiger partial charge in [-0.05, 0) is 19.8 Å². The Labute approximate surface area is 63.2 Å². The summed E-state index contributed by atoms with van der Waals surface area (Å²) < 4.78 is 5.36. The van der Waals surface area contributed by atoms with E-state index in [1.54, 1.807) is 0 Å². The van der Waals surface area contributed by atoms with Gasteiger partial charge in [0, 0.05) is 13.2 Å². The molecule has 0 aliphatic rings. The average Bonchev–Trinajstić information content (AvgIpc) is 1.89. The molecule has 2 nitrogen and oxygen atoms in total. The maximum absolute atomic E-state index is 8.51. The molecule has 0 aromatic heterocycles. The third-order valence-corrected chi connectivity index (χ3v) is 1.44. The van der Waals surface area contributed by atoms with Crippen molar-refractivity contribution in [3.8, 4) is 0 Å². The van der Waals surface area contributed by atoms with E-state index in [0.717, 1.165) is 19.4 Å². The maximum Gasteiger partial charge on any atom is 0.0568 e. The number of ether oxygens (including phenoxy) is 1. The summed E-state index contributed by atoms with van der Waals surface area (Å²) >= 11 is 0. The van der Waals surface area contributed by atoms with Crippen molar-refractivity contribution in [1.29, 1.82) is 0 Å². The lowest BCUT2D eigenvalue weighted by Crippen LogP contribution is -2.10. The Hall–Kier alpha value is -0.0800. The van der Waals surface area contributed by atoms with Gasteiger partial charge in [0.05, 0.1) is 6.10 Å². The van der Waals surface area contributed by atoms with Gasteiger partial charge in [0.2, 0.25) is 0 Å². The molecule has 10 heavy (non-hydrogen) atoms. The van der Waals surface area contributed by atoms with Crippen LogP contribution in [0.15, 0.2) is 0 Å². The van der Waals surface area contributed by atoms with Crippen LogP contribution < -0.4 is 0 Å². The molecule has 0 amide bonds. The zero-order valence-corrected chi connectivity index (χ0v) is 6.97. The Bertz CT molecular complexity index is 64.3. The van der Waals surface area contributed by atoms with Crippen molar-refractivity contribution in [2.75, 3.05) is 13.2 Å². The highest BCUT2D eigenvalue weighted by Gasteiger charge is 1.98. The van der Waals surface area contributed by atoms with Gasteiger partial charge in [-0.15, -0.1) is 0 Å². The van der Waals surface area contributed by atoms with Gasteiger partial charge < -0.3 is 9.84 Å². The van der Waals surface area contributed by atoms with E-state index in [0.29, 0.717) is 0 Å². The number of rotatable bonds is 6. The van der Waals surface area contributed by atoms with Crippen LogP contribution in [0.3, 0.4) is 0 Å². The zero-order valence-electron chi connectivity index (χ0n) is 6.97. The fourth-order valence-corrected chi connectivity index (χ4v) is 0.694. The molecule has 0 spiro atoms. The highest BCUT2D eigenvalue weighted by atomic mass is 16.5. The molecule has 0 aromatic rings. The fraction of sp³-hybridized carbons (Fsp3) is 1.00. The lowest BCUT2D eigenvalue weighted by atomic mass is 10.3. The molecule has 0 fully saturated rings. The molecule has 0 aliphatic carbocycles. The molecule has 1 N–H and O–H groups in total. The normalized spacial score (nSPS) is 13.5. The summed E-state index contributed by atoms with van der Waals surface area (Å²) in [7, 11) is 0. The molecule has 0 saturated heterocycles. The molecular formula is C8H18O2. The van der Waals surface area contributed by atoms with Crippen molar-refractivity contribution in [2.45, 2.75) is 39.2 Å². The summed E-state index contributed by atoms with van der Waals surface area (Å²) in [6.07, 6.45) is 3.27. The van der Waals surface area contributed by atoms with Crippen LogP contribution in [-0.2, 0) is 4.74 Å². The Kier molecular flexibility index (Phi) is 6.98. The van der Waals surface area contributed by atoms with Gasteiger partial charge in [0.25, 0.3) is 0 Å². The van der Waals surface area contributed by atoms with Crippen molar-refractivity contribution >= 4 is 0 Å². The quantitative estimate of drug-likeness (QED) is 0.576. The van der Waals surface area contributed by atoms with Crippen LogP contribution in [0.5, 0.6) is 0 Å². The maximum atomic E-state index is 8.51. The lowest BCUT2D eigenvalue weighted by molar-refractivity contribution is 0.0463. The third kappa shape index (κ3) is 6.05. The molecule has 62 valence electrons. The van der Waals surface area contributed by atoms with Crippen LogP contribution >= 0.6 is 0 Å². The first kappa shape index (κ1) is 9.92. The van der Waals surface area contributed by atoms with E-state index in [9.17, 15) is 0 Å². The van der Waals surface area contributed by atoms with E-state index < -0.39 is 0 Å². The van der Waals surface area contributed by atoms with Gasteiger partial charge in [-0.2, -0.15) is 0 Å². The number of unbranched alkanes of at least 4 members (excludes halogenated alkanes) is 1. The molecule has 0 radical (unpaired) electrons. The highest BCUT2D eigenvalue weighted by Crippen LogP contribution is 1.97. The van der Waals surface area contributed by atoms with Crippen LogP contribution in [0.4, 0.5) is 0 Å². The second-order valence-corrected chi connectivity index (χ2v) is 2.55. The second kappa shape index (κ2) is 7.03. The van der Waals surface area contributed by atoms with Gasteiger partial charge in [0.15, 0.2) is 0 Å². The van der Waals surface area contributed by atoms with E-state index in [2.05, 4.69) is 6.92 Å². The van der Waals surface area contributed by atoms with Gasteiger partial charge in [0.1, 0.15) is 0 Å². The first-order valence-electron chi connectivity index (χ1n) is 4.03. The second-order valence-electron chi connectivity index (χ2n) is 2.55. The molecule has 0 aromatic carbocycles. The minimum atomic E-state index is 0.219. The van der Waals surface area contributed by atoms with Crippen LogP contribution in [0.2, 0.25) is 0 Å². The average molecular weight is 146 g/mol. The van der Waals surface area contributed by atoms with Gasteiger partial charge in [-0.3, -0.25) is 0 Å². The monoisotopic (exact) mass is 146 g/mol. The molecule has 1 unspecified atom stereocenters. The first-order chi connectivity index (χ1) is 4.81. The van der Waals surface area contributed by atoms with Crippen molar-refractivity contribution < 1.29 is 9.84 Å².